The summed E-state index contributed by atoms with van der Waals surface area (Å²) in [4.78, 5) is 30.0. The monoisotopic (exact) mass is 509 g/mol. The molecule has 37 heavy (non-hydrogen) atoms. The largest absolute Gasteiger partial charge is 0.497 e. The lowest BCUT2D eigenvalue weighted by molar-refractivity contribution is -0.133. The number of hydrogen-bond acceptors (Lipinski definition) is 5. The molecule has 2 heterocycles. The van der Waals surface area contributed by atoms with E-state index in [9.17, 15) is 14.0 Å². The number of aryl methyl sites for hydroxylation is 1. The molecule has 196 valence electrons. The van der Waals surface area contributed by atoms with Crippen LogP contribution in [0.4, 0.5) is 14.9 Å². The number of anilines is 1. The van der Waals surface area contributed by atoms with Gasteiger partial charge in [-0.25, -0.2) is 9.18 Å². The Balaban J connectivity index is 1.52. The van der Waals surface area contributed by atoms with E-state index in [0.29, 0.717) is 23.8 Å². The summed E-state index contributed by atoms with van der Waals surface area (Å²) in [6, 6.07) is 16.3. The number of ether oxygens (including phenoxy) is 2. The van der Waals surface area contributed by atoms with Gasteiger partial charge in [-0.2, -0.15) is 0 Å². The van der Waals surface area contributed by atoms with E-state index in [1.807, 2.05) is 19.1 Å². The minimum Gasteiger partial charge on any atom is -0.497 e. The number of amides is 3. The molecule has 1 aromatic heterocycles. The fourth-order valence-corrected chi connectivity index (χ4v) is 4.22. The number of carbonyl (C=O) groups excluding carboxylic acids is 2. The number of benzene rings is 2. The van der Waals surface area contributed by atoms with Crippen molar-refractivity contribution >= 4 is 17.6 Å². The van der Waals surface area contributed by atoms with Gasteiger partial charge in [0.15, 0.2) is 0 Å². The number of methoxy groups -OCH3 is 1. The van der Waals surface area contributed by atoms with Gasteiger partial charge in [0.25, 0.3) is 0 Å². The Labute approximate surface area is 215 Å². The van der Waals surface area contributed by atoms with Crippen molar-refractivity contribution in [2.24, 2.45) is 0 Å². The Morgan fingerprint density at radius 3 is 2.57 bits per heavy atom. The Bertz CT molecular complexity index is 1190. The van der Waals surface area contributed by atoms with Crippen molar-refractivity contribution in [3.05, 3.63) is 83.6 Å². The molecule has 1 unspecified atom stereocenters. The molecule has 1 N–H and O–H groups in total. The highest BCUT2D eigenvalue weighted by Gasteiger charge is 2.27. The molecule has 0 spiro atoms. The van der Waals surface area contributed by atoms with Crippen LogP contribution >= 0.6 is 0 Å². The van der Waals surface area contributed by atoms with E-state index in [1.165, 1.54) is 17.0 Å². The van der Waals surface area contributed by atoms with E-state index in [-0.39, 0.29) is 44.0 Å². The van der Waals surface area contributed by atoms with Gasteiger partial charge < -0.3 is 29.0 Å². The van der Waals surface area contributed by atoms with Crippen molar-refractivity contribution in [3.63, 3.8) is 0 Å². The fraction of sp³-hybridized carbons (Fsp3) is 0.357. The van der Waals surface area contributed by atoms with Gasteiger partial charge in [0.05, 0.1) is 19.8 Å². The van der Waals surface area contributed by atoms with Crippen LogP contribution in [0.1, 0.15) is 29.9 Å². The van der Waals surface area contributed by atoms with E-state index < -0.39 is 6.03 Å². The van der Waals surface area contributed by atoms with E-state index >= 15 is 0 Å². The van der Waals surface area contributed by atoms with Crippen LogP contribution in [0.2, 0.25) is 0 Å². The maximum absolute atomic E-state index is 13.6. The molecule has 0 radical (unpaired) electrons. The average molecular weight is 510 g/mol. The fourth-order valence-electron chi connectivity index (χ4n) is 4.22. The molecule has 1 fully saturated rings. The van der Waals surface area contributed by atoms with Crippen molar-refractivity contribution < 1.29 is 27.9 Å². The van der Waals surface area contributed by atoms with Gasteiger partial charge in [-0.3, -0.25) is 4.79 Å². The van der Waals surface area contributed by atoms with Crippen LogP contribution < -0.4 is 10.1 Å². The molecule has 1 saturated heterocycles. The zero-order chi connectivity index (χ0) is 26.2. The van der Waals surface area contributed by atoms with Crippen molar-refractivity contribution in [1.29, 1.82) is 0 Å². The normalized spacial score (nSPS) is 14.8. The zero-order valence-corrected chi connectivity index (χ0v) is 21.1. The van der Waals surface area contributed by atoms with Gasteiger partial charge in [0.1, 0.15) is 29.6 Å². The van der Waals surface area contributed by atoms with Crippen LogP contribution in [-0.2, 0) is 22.6 Å². The summed E-state index contributed by atoms with van der Waals surface area (Å²) < 4.78 is 30.1. The van der Waals surface area contributed by atoms with E-state index in [0.717, 1.165) is 24.2 Å². The lowest BCUT2D eigenvalue weighted by Gasteiger charge is -2.29. The lowest BCUT2D eigenvalue weighted by Crippen LogP contribution is -2.46. The molecular formula is C28H32FN3O5. The summed E-state index contributed by atoms with van der Waals surface area (Å²) in [5, 5.41) is 2.86. The second-order valence-corrected chi connectivity index (χ2v) is 9.07. The van der Waals surface area contributed by atoms with Gasteiger partial charge in [0, 0.05) is 31.5 Å². The predicted molar refractivity (Wildman–Crippen MR) is 137 cm³/mol. The molecule has 0 bridgehead atoms. The standard InChI is InChI=1S/C28H32FN3O5/c1-20-8-13-26(37-20)18-31(16-21-9-11-22(29)12-10-21)27(33)19-32(17-25-7-4-14-36-25)28(34)30-23-5-3-6-24(15-23)35-2/h3,5-6,8-13,15,25H,4,7,14,16-19H2,1-2H3,(H,30,34). The van der Waals surface area contributed by atoms with Gasteiger partial charge in [0.2, 0.25) is 5.91 Å². The summed E-state index contributed by atoms with van der Waals surface area (Å²) in [7, 11) is 1.56. The van der Waals surface area contributed by atoms with Gasteiger partial charge in [-0.05, 0) is 61.7 Å². The van der Waals surface area contributed by atoms with Gasteiger partial charge in [-0.15, -0.1) is 0 Å². The van der Waals surface area contributed by atoms with Crippen molar-refractivity contribution in [3.8, 4) is 5.75 Å². The first kappa shape index (κ1) is 26.2. The van der Waals surface area contributed by atoms with Gasteiger partial charge >= 0.3 is 6.03 Å². The van der Waals surface area contributed by atoms with Crippen LogP contribution in [0.15, 0.2) is 65.1 Å². The zero-order valence-electron chi connectivity index (χ0n) is 21.1. The Morgan fingerprint density at radius 2 is 1.89 bits per heavy atom. The third kappa shape index (κ3) is 7.57. The van der Waals surface area contributed by atoms with Crippen molar-refractivity contribution in [1.82, 2.24) is 9.80 Å². The van der Waals surface area contributed by atoms with Crippen LogP contribution in [-0.4, -0.2) is 54.6 Å². The van der Waals surface area contributed by atoms with E-state index in [2.05, 4.69) is 5.32 Å². The quantitative estimate of drug-likeness (QED) is 0.417. The number of nitrogens with zero attached hydrogens (tertiary/aromatic N) is 2. The highest BCUT2D eigenvalue weighted by atomic mass is 19.1. The minimum absolute atomic E-state index is 0.137. The molecular weight excluding hydrogens is 477 g/mol. The molecule has 2 aromatic carbocycles. The van der Waals surface area contributed by atoms with E-state index in [4.69, 9.17) is 13.9 Å². The number of hydrogen-bond donors (Lipinski definition) is 1. The van der Waals surface area contributed by atoms with Gasteiger partial charge in [-0.1, -0.05) is 18.2 Å². The molecule has 8 nitrogen and oxygen atoms in total. The first-order valence-corrected chi connectivity index (χ1v) is 12.3. The van der Waals surface area contributed by atoms with Crippen molar-refractivity contribution in [2.45, 2.75) is 39.0 Å². The van der Waals surface area contributed by atoms with Crippen LogP contribution in [0.3, 0.4) is 0 Å². The average Bonchev–Trinajstić information content (AvgIpc) is 3.56. The molecule has 9 heteroatoms. The summed E-state index contributed by atoms with van der Waals surface area (Å²) in [6.07, 6.45) is 1.60. The molecule has 0 saturated carbocycles. The number of carbonyl (C=O) groups is 2. The maximum Gasteiger partial charge on any atom is 0.322 e. The Kier molecular flexibility index (Phi) is 8.79. The minimum atomic E-state index is -0.410. The molecule has 4 rings (SSSR count). The summed E-state index contributed by atoms with van der Waals surface area (Å²) in [5.74, 6) is 1.36. The molecule has 1 atom stereocenters. The molecule has 3 aromatic rings. The predicted octanol–water partition coefficient (Wildman–Crippen LogP) is 4.98. The SMILES string of the molecule is COc1cccc(NC(=O)N(CC(=O)N(Cc2ccc(F)cc2)Cc2ccc(C)o2)CC2CCCO2)c1. The van der Waals surface area contributed by atoms with Crippen LogP contribution in [0.5, 0.6) is 5.75 Å². The number of furan rings is 1. The molecule has 1 aliphatic heterocycles. The first-order valence-electron chi connectivity index (χ1n) is 12.3. The van der Waals surface area contributed by atoms with Crippen LogP contribution in [0, 0.1) is 12.7 Å². The highest BCUT2D eigenvalue weighted by Crippen LogP contribution is 2.20. The number of urea groups is 1. The summed E-state index contributed by atoms with van der Waals surface area (Å²) in [5.41, 5.74) is 1.33. The smallest absolute Gasteiger partial charge is 0.322 e. The molecule has 0 aliphatic carbocycles. The van der Waals surface area contributed by atoms with Crippen LogP contribution in [0.25, 0.3) is 0 Å². The number of halogens is 1. The second kappa shape index (κ2) is 12.4. The van der Waals surface area contributed by atoms with E-state index in [1.54, 1.807) is 48.4 Å². The third-order valence-electron chi connectivity index (χ3n) is 6.16. The number of rotatable bonds is 10. The summed E-state index contributed by atoms with van der Waals surface area (Å²) >= 11 is 0. The maximum atomic E-state index is 13.6. The number of nitrogens with one attached hydrogen (secondary N) is 1. The lowest BCUT2D eigenvalue weighted by atomic mass is 10.2. The topological polar surface area (TPSA) is 84.3 Å². The molecule has 3 amide bonds. The van der Waals surface area contributed by atoms with Crippen molar-refractivity contribution in [2.75, 3.05) is 32.1 Å². The summed E-state index contributed by atoms with van der Waals surface area (Å²) in [6.45, 7) is 3.06. The third-order valence-corrected chi connectivity index (χ3v) is 6.16. The highest BCUT2D eigenvalue weighted by molar-refractivity contribution is 5.92. The first-order chi connectivity index (χ1) is 17.9. The second-order valence-electron chi connectivity index (χ2n) is 9.07. The Hall–Kier alpha value is -3.85. The molecule has 1 aliphatic rings. The Morgan fingerprint density at radius 1 is 1.08 bits per heavy atom.